The molecule has 3 aromatic carbocycles. The zero-order valence-corrected chi connectivity index (χ0v) is 17.5. The van der Waals surface area contributed by atoms with Crippen LogP contribution in [0.1, 0.15) is 11.1 Å². The lowest BCUT2D eigenvalue weighted by molar-refractivity contribution is -0.384. The van der Waals surface area contributed by atoms with E-state index in [1.165, 1.54) is 24.6 Å². The molecule has 0 atom stereocenters. The van der Waals surface area contributed by atoms with E-state index in [-0.39, 0.29) is 11.4 Å². The lowest BCUT2D eigenvalue weighted by Crippen LogP contribution is -1.89. The Morgan fingerprint density at radius 1 is 0.759 bits per heavy atom. The van der Waals surface area contributed by atoms with Crippen LogP contribution in [-0.4, -0.2) is 17.4 Å². The number of aliphatic imine (C=N–C) groups is 2. The molecule has 3 rings (SSSR count). The number of nitrogens with zero attached hydrogens (tertiary/aromatic N) is 3. The lowest BCUT2D eigenvalue weighted by atomic mass is 10.2. The predicted octanol–water partition coefficient (Wildman–Crippen LogP) is 7.71. The molecule has 0 N–H and O–H groups in total. The smallest absolute Gasteiger partial charge is 0.258 e. The van der Waals surface area contributed by atoms with Crippen LogP contribution >= 0.6 is 46.4 Å². The third-order valence-corrected chi connectivity index (χ3v) is 4.90. The summed E-state index contributed by atoms with van der Waals surface area (Å²) < 4.78 is 0. The molecule has 0 saturated carbocycles. The first-order valence-electron chi connectivity index (χ1n) is 8.10. The molecule has 0 heterocycles. The molecule has 29 heavy (non-hydrogen) atoms. The van der Waals surface area contributed by atoms with Gasteiger partial charge in [0.15, 0.2) is 0 Å². The van der Waals surface area contributed by atoms with Crippen LogP contribution in [0.15, 0.2) is 64.6 Å². The zero-order chi connectivity index (χ0) is 21.0. The largest absolute Gasteiger partial charge is 0.296 e. The van der Waals surface area contributed by atoms with Crippen molar-refractivity contribution in [3.63, 3.8) is 0 Å². The van der Waals surface area contributed by atoms with E-state index in [2.05, 4.69) is 9.98 Å². The summed E-state index contributed by atoms with van der Waals surface area (Å²) in [6.07, 6.45) is 2.95. The molecule has 146 valence electrons. The number of rotatable bonds is 5. The molecular weight excluding hydrogens is 456 g/mol. The van der Waals surface area contributed by atoms with Gasteiger partial charge in [0.25, 0.3) is 5.69 Å². The predicted molar refractivity (Wildman–Crippen MR) is 121 cm³/mol. The van der Waals surface area contributed by atoms with Crippen molar-refractivity contribution < 1.29 is 4.92 Å². The Morgan fingerprint density at radius 2 is 1.31 bits per heavy atom. The molecule has 0 aliphatic carbocycles. The lowest BCUT2D eigenvalue weighted by Gasteiger charge is -2.02. The fourth-order valence-electron chi connectivity index (χ4n) is 2.34. The van der Waals surface area contributed by atoms with Crippen molar-refractivity contribution in [3.05, 3.63) is 95.9 Å². The summed E-state index contributed by atoms with van der Waals surface area (Å²) in [7, 11) is 0. The first kappa shape index (κ1) is 21.3. The van der Waals surface area contributed by atoms with Gasteiger partial charge in [-0.3, -0.25) is 15.1 Å². The van der Waals surface area contributed by atoms with Crippen LogP contribution in [0.25, 0.3) is 0 Å². The van der Waals surface area contributed by atoms with Crippen LogP contribution in [0.4, 0.5) is 17.1 Å². The monoisotopic (exact) mass is 465 g/mol. The Balaban J connectivity index is 1.89. The Hall–Kier alpha value is -2.44. The van der Waals surface area contributed by atoms with Crippen LogP contribution < -0.4 is 0 Å². The standard InChI is InChI=1S/C20H11Cl4N3O2/c21-14-3-1-12(17(23)7-14)10-25-16-5-6-19(20(9-16)27(28)29)26-11-13-2-4-15(22)8-18(13)24/h1-11H. The second-order valence-electron chi connectivity index (χ2n) is 5.78. The maximum Gasteiger partial charge on any atom is 0.296 e. The molecule has 0 radical (unpaired) electrons. The van der Waals surface area contributed by atoms with E-state index >= 15 is 0 Å². The number of benzene rings is 3. The fraction of sp³-hybridized carbons (Fsp3) is 0. The molecular formula is C20H11Cl4N3O2. The molecule has 0 aromatic heterocycles. The molecule has 0 saturated heterocycles. The van der Waals surface area contributed by atoms with Gasteiger partial charge in [-0.2, -0.15) is 0 Å². The van der Waals surface area contributed by atoms with Gasteiger partial charge in [0.2, 0.25) is 0 Å². The highest BCUT2D eigenvalue weighted by molar-refractivity contribution is 6.36. The minimum atomic E-state index is -0.523. The second kappa shape index (κ2) is 9.37. The van der Waals surface area contributed by atoms with Gasteiger partial charge in [-0.15, -0.1) is 0 Å². The number of nitro benzene ring substituents is 1. The van der Waals surface area contributed by atoms with Crippen molar-refractivity contribution in [1.82, 2.24) is 0 Å². The van der Waals surface area contributed by atoms with Crippen LogP contribution in [0.2, 0.25) is 20.1 Å². The van der Waals surface area contributed by atoms with E-state index in [1.54, 1.807) is 42.5 Å². The highest BCUT2D eigenvalue weighted by atomic mass is 35.5. The molecule has 0 fully saturated rings. The molecule has 0 aliphatic rings. The number of hydrogen-bond acceptors (Lipinski definition) is 4. The molecule has 3 aromatic rings. The Bertz CT molecular complexity index is 1150. The van der Waals surface area contributed by atoms with E-state index in [9.17, 15) is 10.1 Å². The molecule has 0 unspecified atom stereocenters. The summed E-state index contributed by atoms with van der Waals surface area (Å²) in [5.74, 6) is 0. The van der Waals surface area contributed by atoms with Crippen LogP contribution in [-0.2, 0) is 0 Å². The number of halogens is 4. The second-order valence-corrected chi connectivity index (χ2v) is 7.47. The molecule has 9 heteroatoms. The average molecular weight is 467 g/mol. The van der Waals surface area contributed by atoms with Crippen molar-refractivity contribution >= 4 is 75.9 Å². The summed E-state index contributed by atoms with van der Waals surface area (Å²) >= 11 is 23.9. The van der Waals surface area contributed by atoms with Gasteiger partial charge in [0, 0.05) is 39.7 Å². The van der Waals surface area contributed by atoms with Crippen molar-refractivity contribution in [3.8, 4) is 0 Å². The van der Waals surface area contributed by atoms with Crippen LogP contribution in [0.3, 0.4) is 0 Å². The molecule has 0 bridgehead atoms. The summed E-state index contributed by atoms with van der Waals surface area (Å²) in [6, 6.07) is 14.3. The highest BCUT2D eigenvalue weighted by Crippen LogP contribution is 2.32. The van der Waals surface area contributed by atoms with Crippen molar-refractivity contribution in [2.24, 2.45) is 9.98 Å². The molecule has 5 nitrogen and oxygen atoms in total. The van der Waals surface area contributed by atoms with Crippen LogP contribution in [0.5, 0.6) is 0 Å². The van der Waals surface area contributed by atoms with Gasteiger partial charge in [0.05, 0.1) is 20.7 Å². The quantitative estimate of drug-likeness (QED) is 0.219. The third-order valence-electron chi connectivity index (χ3n) is 3.78. The average Bonchev–Trinajstić information content (AvgIpc) is 2.67. The molecule has 0 aliphatic heterocycles. The van der Waals surface area contributed by atoms with Gasteiger partial charge in [-0.25, -0.2) is 4.99 Å². The van der Waals surface area contributed by atoms with E-state index < -0.39 is 4.92 Å². The fourth-order valence-corrected chi connectivity index (χ4v) is 3.26. The highest BCUT2D eigenvalue weighted by Gasteiger charge is 2.14. The maximum atomic E-state index is 11.5. The number of nitro groups is 1. The van der Waals surface area contributed by atoms with E-state index in [1.807, 2.05) is 0 Å². The Kier molecular flexibility index (Phi) is 6.87. The molecule has 0 spiro atoms. The van der Waals surface area contributed by atoms with Gasteiger partial charge in [0.1, 0.15) is 5.69 Å². The summed E-state index contributed by atoms with van der Waals surface area (Å²) in [5, 5.41) is 13.3. The summed E-state index contributed by atoms with van der Waals surface area (Å²) in [4.78, 5) is 19.4. The van der Waals surface area contributed by atoms with Crippen molar-refractivity contribution in [2.45, 2.75) is 0 Å². The van der Waals surface area contributed by atoms with Gasteiger partial charge < -0.3 is 0 Å². The van der Waals surface area contributed by atoms with E-state index in [0.29, 0.717) is 36.9 Å². The maximum absolute atomic E-state index is 11.5. The summed E-state index contributed by atoms with van der Waals surface area (Å²) in [5.41, 5.74) is 1.59. The van der Waals surface area contributed by atoms with Crippen molar-refractivity contribution in [2.75, 3.05) is 0 Å². The Labute approximate surface area is 186 Å². The minimum absolute atomic E-state index is 0.171. The van der Waals surface area contributed by atoms with Gasteiger partial charge >= 0.3 is 0 Å². The normalized spacial score (nSPS) is 11.4. The van der Waals surface area contributed by atoms with E-state index in [4.69, 9.17) is 46.4 Å². The first-order chi connectivity index (χ1) is 13.8. The first-order valence-corrected chi connectivity index (χ1v) is 9.61. The summed E-state index contributed by atoms with van der Waals surface area (Å²) in [6.45, 7) is 0. The zero-order valence-electron chi connectivity index (χ0n) is 14.5. The number of hydrogen-bond donors (Lipinski definition) is 0. The molecule has 0 amide bonds. The van der Waals surface area contributed by atoms with Gasteiger partial charge in [-0.05, 0) is 36.4 Å². The SMILES string of the molecule is O=[N+]([O-])c1cc(N=Cc2ccc(Cl)cc2Cl)ccc1N=Cc1ccc(Cl)cc1Cl. The topological polar surface area (TPSA) is 67.9 Å². The minimum Gasteiger partial charge on any atom is -0.258 e. The van der Waals surface area contributed by atoms with E-state index in [0.717, 1.165) is 0 Å². The Morgan fingerprint density at radius 3 is 1.83 bits per heavy atom. The van der Waals surface area contributed by atoms with Crippen LogP contribution in [0, 0.1) is 10.1 Å². The third kappa shape index (κ3) is 5.55. The van der Waals surface area contributed by atoms with Gasteiger partial charge in [-0.1, -0.05) is 58.5 Å². The van der Waals surface area contributed by atoms with Crippen molar-refractivity contribution in [1.29, 1.82) is 0 Å².